The van der Waals surface area contributed by atoms with Crippen LogP contribution in [-0.4, -0.2) is 16.6 Å². The van der Waals surface area contributed by atoms with Crippen LogP contribution in [0.15, 0.2) is 23.4 Å². The third-order valence-electron chi connectivity index (χ3n) is 1.98. The number of rotatable bonds is 0. The van der Waals surface area contributed by atoms with Crippen molar-refractivity contribution in [1.29, 1.82) is 0 Å². The molecular weight excluding hydrogens is 202 g/mol. The maximum Gasteiger partial charge on any atom is 0.223 e. The Morgan fingerprint density at radius 3 is 2.79 bits per heavy atom. The van der Waals surface area contributed by atoms with Crippen molar-refractivity contribution in [2.45, 2.75) is 6.92 Å². The number of aromatic nitrogens is 1. The Bertz CT molecular complexity index is 477. The van der Waals surface area contributed by atoms with Crippen molar-refractivity contribution < 1.29 is 9.59 Å². The molecule has 0 radical (unpaired) electrons. The minimum Gasteiger partial charge on any atom is -0.289 e. The average Bonchev–Trinajstić information content (AvgIpc) is 2.14. The van der Waals surface area contributed by atoms with E-state index in [9.17, 15) is 9.59 Å². The molecule has 1 aliphatic carbocycles. The molecule has 0 saturated heterocycles. The predicted octanol–water partition coefficient (Wildman–Crippen LogP) is 1.89. The van der Waals surface area contributed by atoms with Crippen LogP contribution in [0.4, 0.5) is 0 Å². The van der Waals surface area contributed by atoms with Gasteiger partial charge in [0, 0.05) is 12.3 Å². The highest BCUT2D eigenvalue weighted by Crippen LogP contribution is 2.22. The molecule has 4 heteroatoms. The standard InChI is InChI=1S/C10H6ClNO2/c1-5-2-6-8(13)3-7(11)10(14)9(6)12-4-5/h2-4H,1H3. The second-order valence-electron chi connectivity index (χ2n) is 3.09. The summed E-state index contributed by atoms with van der Waals surface area (Å²) in [5.41, 5.74) is 1.32. The van der Waals surface area contributed by atoms with Crippen LogP contribution in [0.1, 0.15) is 26.4 Å². The lowest BCUT2D eigenvalue weighted by atomic mass is 9.99. The van der Waals surface area contributed by atoms with E-state index in [0.29, 0.717) is 5.56 Å². The van der Waals surface area contributed by atoms with E-state index in [1.807, 2.05) is 6.92 Å². The lowest BCUT2D eigenvalue weighted by Crippen LogP contribution is -2.16. The van der Waals surface area contributed by atoms with Crippen LogP contribution < -0.4 is 0 Å². The van der Waals surface area contributed by atoms with Crippen molar-refractivity contribution in [2.75, 3.05) is 0 Å². The third kappa shape index (κ3) is 1.26. The van der Waals surface area contributed by atoms with E-state index in [0.717, 1.165) is 11.6 Å². The number of carbonyl (C=O) groups is 2. The summed E-state index contributed by atoms with van der Waals surface area (Å²) in [6, 6.07) is 1.64. The van der Waals surface area contributed by atoms with Crippen LogP contribution in [0.25, 0.3) is 0 Å². The maximum atomic E-state index is 11.5. The Labute approximate surface area is 85.4 Å². The molecule has 2 rings (SSSR count). The molecule has 0 atom stereocenters. The molecule has 0 spiro atoms. The van der Waals surface area contributed by atoms with Crippen LogP contribution in [0.3, 0.4) is 0 Å². The molecule has 0 bridgehead atoms. The van der Waals surface area contributed by atoms with Gasteiger partial charge in [-0.15, -0.1) is 0 Å². The number of ketones is 2. The number of allylic oxidation sites excluding steroid dienone is 2. The normalized spacial score (nSPS) is 15.1. The third-order valence-corrected chi connectivity index (χ3v) is 2.26. The van der Waals surface area contributed by atoms with Crippen molar-refractivity contribution in [2.24, 2.45) is 0 Å². The van der Waals surface area contributed by atoms with Gasteiger partial charge in [-0.3, -0.25) is 14.6 Å². The average molecular weight is 208 g/mol. The monoisotopic (exact) mass is 207 g/mol. The number of nitrogens with zero attached hydrogens (tertiary/aromatic N) is 1. The smallest absolute Gasteiger partial charge is 0.223 e. The molecule has 70 valence electrons. The SMILES string of the molecule is Cc1cnc2c(c1)C(=O)C=C(Cl)C2=O. The molecule has 0 saturated carbocycles. The Kier molecular flexibility index (Phi) is 1.97. The first-order valence-electron chi connectivity index (χ1n) is 4.02. The summed E-state index contributed by atoms with van der Waals surface area (Å²) in [5.74, 6) is -0.651. The predicted molar refractivity (Wildman–Crippen MR) is 51.6 cm³/mol. The zero-order chi connectivity index (χ0) is 10.3. The fraction of sp³-hybridized carbons (Fsp3) is 0.100. The van der Waals surface area contributed by atoms with Crippen molar-refractivity contribution >= 4 is 23.2 Å². The molecule has 0 fully saturated rings. The number of hydrogen-bond acceptors (Lipinski definition) is 3. The fourth-order valence-corrected chi connectivity index (χ4v) is 1.50. The zero-order valence-corrected chi connectivity index (χ0v) is 8.13. The molecule has 0 unspecified atom stereocenters. The number of hydrogen-bond donors (Lipinski definition) is 0. The van der Waals surface area contributed by atoms with E-state index in [-0.39, 0.29) is 22.3 Å². The number of carbonyl (C=O) groups excluding carboxylic acids is 2. The van der Waals surface area contributed by atoms with Crippen molar-refractivity contribution in [3.8, 4) is 0 Å². The fourth-order valence-electron chi connectivity index (χ4n) is 1.31. The molecule has 14 heavy (non-hydrogen) atoms. The van der Waals surface area contributed by atoms with Crippen molar-refractivity contribution in [1.82, 2.24) is 4.98 Å². The molecule has 3 nitrogen and oxygen atoms in total. The second-order valence-corrected chi connectivity index (χ2v) is 3.50. The second kappa shape index (κ2) is 3.03. The van der Waals surface area contributed by atoms with Crippen molar-refractivity contribution in [3.05, 3.63) is 40.2 Å². The number of halogens is 1. The summed E-state index contributed by atoms with van der Waals surface area (Å²) >= 11 is 5.58. The Balaban J connectivity index is 2.69. The van der Waals surface area contributed by atoms with Gasteiger partial charge in [0.2, 0.25) is 5.78 Å². The Morgan fingerprint density at radius 1 is 1.36 bits per heavy atom. The Morgan fingerprint density at radius 2 is 2.07 bits per heavy atom. The lowest BCUT2D eigenvalue weighted by molar-refractivity contribution is 0.0986. The summed E-state index contributed by atoms with van der Waals surface area (Å²) in [6.07, 6.45) is 2.67. The number of fused-ring (bicyclic) bond motifs is 1. The van der Waals surface area contributed by atoms with Gasteiger partial charge < -0.3 is 0 Å². The topological polar surface area (TPSA) is 47.0 Å². The van der Waals surface area contributed by atoms with Crippen molar-refractivity contribution in [3.63, 3.8) is 0 Å². The molecule has 0 aliphatic heterocycles. The first-order chi connectivity index (χ1) is 6.59. The first kappa shape index (κ1) is 9.09. The van der Waals surface area contributed by atoms with E-state index in [1.165, 1.54) is 0 Å². The van der Waals surface area contributed by atoms with Gasteiger partial charge in [-0.25, -0.2) is 0 Å². The van der Waals surface area contributed by atoms with Gasteiger partial charge in [0.15, 0.2) is 5.78 Å². The Hall–Kier alpha value is -1.48. The highest BCUT2D eigenvalue weighted by molar-refractivity contribution is 6.48. The molecule has 0 amide bonds. The van der Waals surface area contributed by atoms with Crippen LogP contribution in [-0.2, 0) is 0 Å². The zero-order valence-electron chi connectivity index (χ0n) is 7.37. The van der Waals surface area contributed by atoms with Gasteiger partial charge in [-0.2, -0.15) is 0 Å². The van der Waals surface area contributed by atoms with Crippen LogP contribution >= 0.6 is 11.6 Å². The molecule has 1 heterocycles. The molecule has 1 aromatic rings. The molecule has 0 N–H and O–H groups in total. The molecule has 1 aliphatic rings. The molecular formula is C10H6ClNO2. The van der Waals surface area contributed by atoms with Crippen LogP contribution in [0.5, 0.6) is 0 Å². The molecule has 1 aromatic heterocycles. The van der Waals surface area contributed by atoms with E-state index in [1.54, 1.807) is 12.3 Å². The van der Waals surface area contributed by atoms with Gasteiger partial charge >= 0.3 is 0 Å². The number of Topliss-reactive ketones (excluding diaryl/α,β-unsaturated/α-hetero) is 1. The highest BCUT2D eigenvalue weighted by Gasteiger charge is 2.25. The summed E-state index contributed by atoms with van der Waals surface area (Å²) in [6.45, 7) is 1.81. The van der Waals surface area contributed by atoms with Gasteiger partial charge in [0.05, 0.1) is 10.6 Å². The van der Waals surface area contributed by atoms with Crippen LogP contribution in [0, 0.1) is 6.92 Å². The minimum absolute atomic E-state index is 0.0705. The number of aryl methyl sites for hydroxylation is 1. The van der Waals surface area contributed by atoms with E-state index in [4.69, 9.17) is 11.6 Å². The van der Waals surface area contributed by atoms with E-state index in [2.05, 4.69) is 4.98 Å². The van der Waals surface area contributed by atoms with Gasteiger partial charge in [0.1, 0.15) is 5.69 Å². The highest BCUT2D eigenvalue weighted by atomic mass is 35.5. The largest absolute Gasteiger partial charge is 0.289 e. The summed E-state index contributed by atoms with van der Waals surface area (Å²) in [4.78, 5) is 26.8. The van der Waals surface area contributed by atoms with E-state index < -0.39 is 0 Å². The van der Waals surface area contributed by atoms with Gasteiger partial charge in [-0.1, -0.05) is 11.6 Å². The van der Waals surface area contributed by atoms with Crippen LogP contribution in [0.2, 0.25) is 0 Å². The summed E-state index contributed by atoms with van der Waals surface area (Å²) in [5, 5.41) is -0.0705. The van der Waals surface area contributed by atoms with Gasteiger partial charge in [-0.05, 0) is 18.6 Å². The first-order valence-corrected chi connectivity index (χ1v) is 4.40. The summed E-state index contributed by atoms with van der Waals surface area (Å²) in [7, 11) is 0. The van der Waals surface area contributed by atoms with E-state index >= 15 is 0 Å². The minimum atomic E-state index is -0.388. The molecule has 0 aromatic carbocycles. The maximum absolute atomic E-state index is 11.5. The van der Waals surface area contributed by atoms with Gasteiger partial charge in [0.25, 0.3) is 0 Å². The summed E-state index contributed by atoms with van der Waals surface area (Å²) < 4.78 is 0. The quantitative estimate of drug-likeness (QED) is 0.653. The number of pyridine rings is 1. The lowest BCUT2D eigenvalue weighted by Gasteiger charge is -2.10.